The van der Waals surface area contributed by atoms with E-state index in [0.717, 1.165) is 31.1 Å². The monoisotopic (exact) mass is 494 g/mol. The van der Waals surface area contributed by atoms with Crippen LogP contribution in [0.2, 0.25) is 5.28 Å². The summed E-state index contributed by atoms with van der Waals surface area (Å²) in [7, 11) is -8.88. The van der Waals surface area contributed by atoms with Gasteiger partial charge < -0.3 is 29.5 Å². The van der Waals surface area contributed by atoms with E-state index in [4.69, 9.17) is 26.1 Å². The van der Waals surface area contributed by atoms with E-state index in [1.807, 2.05) is 0 Å². The summed E-state index contributed by atoms with van der Waals surface area (Å²) >= 11 is 6.13. The molecule has 31 heavy (non-hydrogen) atoms. The molecule has 2 aromatic heterocycles. The van der Waals surface area contributed by atoms with Crippen LogP contribution in [-0.4, -0.2) is 67.3 Å². The van der Waals surface area contributed by atoms with Crippen LogP contribution >= 0.6 is 19.2 Å². The molecule has 0 aromatic carbocycles. The maximum Gasteiger partial charge on any atom is 0.340 e. The lowest BCUT2D eigenvalue weighted by Crippen LogP contribution is -2.30. The first-order chi connectivity index (χ1) is 14.5. The maximum atomic E-state index is 12.1. The summed E-state index contributed by atoms with van der Waals surface area (Å²) in [5.41, 5.74) is -0.806. The summed E-state index contributed by atoms with van der Waals surface area (Å²) in [5, 5.41) is 14.5. The predicted octanol–water partition coefficient (Wildman–Crippen LogP) is 1.64. The van der Waals surface area contributed by atoms with Gasteiger partial charge in [0.1, 0.15) is 23.8 Å². The third-order valence-electron chi connectivity index (χ3n) is 5.54. The molecule has 1 saturated heterocycles. The molecule has 0 bridgehead atoms. The van der Waals surface area contributed by atoms with Crippen LogP contribution in [0.4, 0.5) is 5.82 Å². The zero-order chi connectivity index (χ0) is 22.4. The van der Waals surface area contributed by atoms with Gasteiger partial charge in [0.05, 0.1) is 17.2 Å². The lowest BCUT2D eigenvalue weighted by molar-refractivity contribution is -0.00426. The molecule has 3 atom stereocenters. The highest BCUT2D eigenvalue weighted by Gasteiger charge is 2.40. The Bertz CT molecular complexity index is 1120. The highest BCUT2D eigenvalue weighted by atomic mass is 35.5. The van der Waals surface area contributed by atoms with Crippen LogP contribution in [0.25, 0.3) is 11.0 Å². The topological polar surface area (TPSA) is 164 Å². The minimum absolute atomic E-state index is 0.0484. The first-order valence-corrected chi connectivity index (χ1v) is 13.9. The largest absolute Gasteiger partial charge is 0.390 e. The van der Waals surface area contributed by atoms with Crippen LogP contribution in [0, 0.1) is 0 Å². The Hall–Kier alpha value is -1.27. The average Bonchev–Trinajstić information content (AvgIpc) is 3.33. The minimum Gasteiger partial charge on any atom is -0.390 e. The summed E-state index contributed by atoms with van der Waals surface area (Å²) in [6.07, 6.45) is 3.25. The van der Waals surface area contributed by atoms with Crippen LogP contribution in [0.3, 0.4) is 0 Å². The van der Waals surface area contributed by atoms with Crippen molar-refractivity contribution >= 4 is 45.9 Å². The van der Waals surface area contributed by atoms with E-state index in [2.05, 4.69) is 15.3 Å². The number of aliphatic hydroxyl groups excluding tert-OH is 1. The molecule has 172 valence electrons. The number of nitrogens with zero attached hydrogens (tertiary/aromatic N) is 3. The summed E-state index contributed by atoms with van der Waals surface area (Å²) in [6.45, 7) is 0. The highest BCUT2D eigenvalue weighted by molar-refractivity contribution is 7.97. The van der Waals surface area contributed by atoms with E-state index in [1.165, 1.54) is 0 Å². The smallest absolute Gasteiger partial charge is 0.340 e. The van der Waals surface area contributed by atoms with E-state index in [9.17, 15) is 18.1 Å². The first-order valence-electron chi connectivity index (χ1n) is 9.90. The average molecular weight is 495 g/mol. The van der Waals surface area contributed by atoms with Crippen molar-refractivity contribution in [2.24, 2.45) is 0 Å². The molecule has 2 aromatic rings. The molecule has 2 aliphatic rings. The van der Waals surface area contributed by atoms with Crippen molar-refractivity contribution in [2.75, 3.05) is 16.6 Å². The van der Waals surface area contributed by atoms with Crippen molar-refractivity contribution in [2.45, 2.75) is 56.6 Å². The van der Waals surface area contributed by atoms with Gasteiger partial charge in [-0.15, -0.1) is 0 Å². The van der Waals surface area contributed by atoms with E-state index in [-0.39, 0.29) is 11.7 Å². The Labute approximate surface area is 183 Å². The number of aromatic nitrogens is 3. The first kappa shape index (κ1) is 22.9. The zero-order valence-corrected chi connectivity index (χ0v) is 18.9. The third kappa shape index (κ3) is 5.39. The molecule has 14 heteroatoms. The molecule has 11 nitrogen and oxygen atoms in total. The van der Waals surface area contributed by atoms with Crippen LogP contribution < -0.4 is 5.32 Å². The number of hydrogen-bond donors (Lipinski definition) is 4. The second-order valence-corrected chi connectivity index (χ2v) is 12.6. The Morgan fingerprint density at radius 2 is 2.00 bits per heavy atom. The van der Waals surface area contributed by atoms with Crippen molar-refractivity contribution in [3.63, 3.8) is 0 Å². The lowest BCUT2D eigenvalue weighted by atomic mass is 10.2. The molecule has 1 aliphatic carbocycles. The highest BCUT2D eigenvalue weighted by Crippen LogP contribution is 2.38. The number of fused-ring (bicyclic) bond motifs is 1. The number of ether oxygens (including phenoxy) is 1. The Balaban J connectivity index is 1.55. The molecule has 2 fully saturated rings. The van der Waals surface area contributed by atoms with E-state index in [1.54, 1.807) is 16.8 Å². The third-order valence-corrected chi connectivity index (χ3v) is 9.46. The number of halogens is 1. The SMILES string of the molecule is O=P(O)(O)CS(=O)(=O)C[C@H]1O[C@@H](n2ccc3c(NC4CCCC4)nc(Cl)nc32)C[C@@H]1O. The van der Waals surface area contributed by atoms with Crippen LogP contribution in [0.1, 0.15) is 38.3 Å². The van der Waals surface area contributed by atoms with Crippen molar-refractivity contribution in [1.82, 2.24) is 14.5 Å². The molecule has 0 unspecified atom stereocenters. The number of rotatable bonds is 7. The molecular weight excluding hydrogens is 471 g/mol. The normalized spacial score (nSPS) is 25.5. The second-order valence-electron chi connectivity index (χ2n) is 8.06. The Morgan fingerprint density at radius 1 is 1.29 bits per heavy atom. The summed E-state index contributed by atoms with van der Waals surface area (Å²) < 4.78 is 42.6. The van der Waals surface area contributed by atoms with Crippen molar-refractivity contribution in [3.05, 3.63) is 17.5 Å². The van der Waals surface area contributed by atoms with Crippen molar-refractivity contribution in [1.29, 1.82) is 0 Å². The molecule has 0 radical (unpaired) electrons. The fraction of sp³-hybridized carbons (Fsp3) is 0.647. The van der Waals surface area contributed by atoms with Crippen molar-refractivity contribution in [3.8, 4) is 0 Å². The van der Waals surface area contributed by atoms with Crippen LogP contribution in [0.15, 0.2) is 12.3 Å². The second kappa shape index (κ2) is 8.58. The Kier molecular flexibility index (Phi) is 6.34. The summed E-state index contributed by atoms with van der Waals surface area (Å²) in [4.78, 5) is 26.5. The van der Waals surface area contributed by atoms with Gasteiger partial charge in [0, 0.05) is 18.7 Å². The van der Waals surface area contributed by atoms with Gasteiger partial charge in [0.15, 0.2) is 15.3 Å². The Morgan fingerprint density at radius 3 is 2.68 bits per heavy atom. The van der Waals surface area contributed by atoms with E-state index < -0.39 is 47.1 Å². The van der Waals surface area contributed by atoms with Gasteiger partial charge in [0.2, 0.25) is 5.28 Å². The molecule has 3 heterocycles. The molecule has 0 spiro atoms. The zero-order valence-electron chi connectivity index (χ0n) is 16.5. The fourth-order valence-corrected chi connectivity index (χ4v) is 7.65. The van der Waals surface area contributed by atoms with Gasteiger partial charge >= 0.3 is 7.60 Å². The maximum absolute atomic E-state index is 12.1. The molecular formula is C17H24ClN4O7PS. The predicted molar refractivity (Wildman–Crippen MR) is 114 cm³/mol. The number of hydrogen-bond acceptors (Lipinski definition) is 8. The van der Waals surface area contributed by atoms with Gasteiger partial charge in [-0.2, -0.15) is 4.98 Å². The van der Waals surface area contributed by atoms with Crippen LogP contribution in [0.5, 0.6) is 0 Å². The molecule has 1 aliphatic heterocycles. The van der Waals surface area contributed by atoms with Crippen molar-refractivity contribution < 1.29 is 32.6 Å². The van der Waals surface area contributed by atoms with Crippen LogP contribution in [-0.2, 0) is 19.1 Å². The molecule has 0 amide bonds. The summed E-state index contributed by atoms with van der Waals surface area (Å²) in [6, 6.07) is 2.11. The lowest BCUT2D eigenvalue weighted by Gasteiger charge is -2.17. The fourth-order valence-electron chi connectivity index (χ4n) is 4.21. The number of nitrogens with one attached hydrogen (secondary N) is 1. The number of sulfone groups is 1. The van der Waals surface area contributed by atoms with Gasteiger partial charge in [-0.3, -0.25) is 4.57 Å². The quantitative estimate of drug-likeness (QED) is 0.328. The van der Waals surface area contributed by atoms with E-state index in [0.29, 0.717) is 17.5 Å². The van der Waals surface area contributed by atoms with Gasteiger partial charge in [0.25, 0.3) is 0 Å². The molecule has 1 saturated carbocycles. The minimum atomic E-state index is -4.75. The standard InChI is InChI=1S/C17H24ClN4O7PS/c18-17-20-15(19-10-3-1-2-4-10)11-5-6-22(16(11)21-17)14-7-12(23)13(29-14)8-31(27,28)9-30(24,25)26/h5-6,10,12-14,23H,1-4,7-9H2,(H,19,20,21)(H2,24,25,26)/t12-,13+,14+/m0/s1. The van der Waals surface area contributed by atoms with E-state index >= 15 is 0 Å². The molecule has 4 N–H and O–H groups in total. The number of aliphatic hydroxyl groups is 1. The number of anilines is 1. The summed E-state index contributed by atoms with van der Waals surface area (Å²) in [5.74, 6) is -0.0842. The van der Waals surface area contributed by atoms with Gasteiger partial charge in [-0.25, -0.2) is 13.4 Å². The van der Waals surface area contributed by atoms with Gasteiger partial charge in [-0.05, 0) is 30.5 Å². The molecule has 4 rings (SSSR count). The van der Waals surface area contributed by atoms with Gasteiger partial charge in [-0.1, -0.05) is 12.8 Å².